The molecule has 3 aliphatic heterocycles. The van der Waals surface area contributed by atoms with Crippen molar-refractivity contribution in [3.05, 3.63) is 47.5 Å². The predicted octanol–water partition coefficient (Wildman–Crippen LogP) is 3.06. The van der Waals surface area contributed by atoms with Gasteiger partial charge in [-0.2, -0.15) is 18.4 Å². The summed E-state index contributed by atoms with van der Waals surface area (Å²) in [4.78, 5) is 18.4. The molecule has 3 aliphatic rings. The standard InChI is InChI=1S/C24H21F3N4O4S/c1-29-11-17(12-32)35-20-5-4-16(9-19(20)29)31-22(36)30(21(33)23(31)6-7-34-13-23)15-3-2-14(10-28)18(8-15)24(25,26)27/h2-5,8-9,17,32H,6-7,11-13H2,1H3/t17-,23+/m0/s1. The lowest BCUT2D eigenvalue weighted by atomic mass is 9.95. The molecule has 8 nitrogen and oxygen atoms in total. The highest BCUT2D eigenvalue weighted by Crippen LogP contribution is 2.45. The number of nitrogens with zero attached hydrogens (tertiary/aromatic N) is 4. The van der Waals surface area contributed by atoms with Crippen LogP contribution in [-0.4, -0.2) is 61.2 Å². The molecule has 2 fully saturated rings. The lowest BCUT2D eigenvalue weighted by molar-refractivity contribution is -0.137. The number of alkyl halides is 3. The number of benzene rings is 2. The highest BCUT2D eigenvalue weighted by atomic mass is 32.1. The molecule has 0 unspecified atom stereocenters. The predicted molar refractivity (Wildman–Crippen MR) is 128 cm³/mol. The third-order valence-corrected chi connectivity index (χ3v) is 7.05. The molecule has 5 rings (SSSR count). The number of carbonyl (C=O) groups excluding carboxylic acids is 1. The van der Waals surface area contributed by atoms with Crippen LogP contribution in [-0.2, 0) is 15.7 Å². The van der Waals surface area contributed by atoms with E-state index in [1.807, 2.05) is 11.9 Å². The minimum atomic E-state index is -4.78. The van der Waals surface area contributed by atoms with Crippen LogP contribution in [0.4, 0.5) is 30.2 Å². The number of halogens is 3. The molecule has 3 heterocycles. The number of nitriles is 1. The molecule has 36 heavy (non-hydrogen) atoms. The van der Waals surface area contributed by atoms with Crippen LogP contribution in [0.2, 0.25) is 0 Å². The summed E-state index contributed by atoms with van der Waals surface area (Å²) in [5, 5.41) is 18.6. The first-order chi connectivity index (χ1) is 17.1. The summed E-state index contributed by atoms with van der Waals surface area (Å²) in [5.41, 5.74) is -1.70. The number of likely N-dealkylation sites (N-methyl/N-ethyl adjacent to an activating group) is 1. The number of hydrogen-bond acceptors (Lipinski definition) is 7. The first kappa shape index (κ1) is 24.3. The van der Waals surface area contributed by atoms with Gasteiger partial charge >= 0.3 is 6.18 Å². The summed E-state index contributed by atoms with van der Waals surface area (Å²) in [6.45, 7) is 0.602. The molecule has 1 N–H and O–H groups in total. The highest BCUT2D eigenvalue weighted by Gasteiger charge is 2.58. The van der Waals surface area contributed by atoms with Crippen LogP contribution in [0.5, 0.6) is 5.75 Å². The van der Waals surface area contributed by atoms with Gasteiger partial charge < -0.3 is 24.4 Å². The lowest BCUT2D eigenvalue weighted by Crippen LogP contribution is -2.50. The van der Waals surface area contributed by atoms with Gasteiger partial charge in [0.1, 0.15) is 11.9 Å². The maximum atomic E-state index is 13.8. The topological polar surface area (TPSA) is 89.3 Å². The first-order valence-electron chi connectivity index (χ1n) is 11.1. The zero-order valence-corrected chi connectivity index (χ0v) is 19.9. The summed E-state index contributed by atoms with van der Waals surface area (Å²) in [7, 11) is 1.84. The van der Waals surface area contributed by atoms with E-state index in [-0.39, 0.29) is 36.7 Å². The van der Waals surface area contributed by atoms with Gasteiger partial charge in [-0.25, -0.2) is 0 Å². The van der Waals surface area contributed by atoms with Crippen molar-refractivity contribution >= 4 is 40.3 Å². The van der Waals surface area contributed by atoms with E-state index in [1.54, 1.807) is 29.2 Å². The molecular weight excluding hydrogens is 497 g/mol. The fourth-order valence-electron chi connectivity index (χ4n) is 4.92. The fourth-order valence-corrected chi connectivity index (χ4v) is 5.39. The molecule has 2 atom stereocenters. The molecule has 0 aromatic heterocycles. The molecule has 0 saturated carbocycles. The molecule has 2 aromatic carbocycles. The fraction of sp³-hybridized carbons (Fsp3) is 0.375. The molecule has 0 aliphatic carbocycles. The van der Waals surface area contributed by atoms with Gasteiger partial charge in [0, 0.05) is 25.8 Å². The van der Waals surface area contributed by atoms with Gasteiger partial charge in [-0.15, -0.1) is 0 Å². The second-order valence-corrected chi connectivity index (χ2v) is 9.25. The van der Waals surface area contributed by atoms with E-state index in [0.717, 1.165) is 22.7 Å². The van der Waals surface area contributed by atoms with E-state index in [2.05, 4.69) is 0 Å². The van der Waals surface area contributed by atoms with E-state index >= 15 is 0 Å². The Morgan fingerprint density at radius 1 is 1.25 bits per heavy atom. The zero-order valence-electron chi connectivity index (χ0n) is 19.1. The number of anilines is 3. The molecule has 12 heteroatoms. The van der Waals surface area contributed by atoms with Crippen LogP contribution in [0, 0.1) is 11.3 Å². The van der Waals surface area contributed by atoms with Gasteiger partial charge in [0.05, 0.1) is 48.3 Å². The number of fused-ring (bicyclic) bond motifs is 1. The van der Waals surface area contributed by atoms with Crippen LogP contribution >= 0.6 is 12.2 Å². The average molecular weight is 519 g/mol. The van der Waals surface area contributed by atoms with Crippen LogP contribution in [0.3, 0.4) is 0 Å². The normalized spacial score (nSPS) is 23.8. The van der Waals surface area contributed by atoms with Crippen molar-refractivity contribution in [1.82, 2.24) is 0 Å². The van der Waals surface area contributed by atoms with E-state index in [0.29, 0.717) is 24.4 Å². The van der Waals surface area contributed by atoms with Crippen molar-refractivity contribution in [2.75, 3.05) is 48.1 Å². The SMILES string of the molecule is CN1C[C@@H](CO)Oc2ccc(N3C(=S)N(c4ccc(C#N)c(C(F)(F)F)c4)C(=O)[C@]34CCOC4)cc21. The number of hydrogen-bond donors (Lipinski definition) is 1. The lowest BCUT2D eigenvalue weighted by Gasteiger charge is -2.36. The minimum absolute atomic E-state index is 0.0101. The van der Waals surface area contributed by atoms with Gasteiger partial charge in [-0.05, 0) is 48.6 Å². The Kier molecular flexibility index (Phi) is 5.82. The van der Waals surface area contributed by atoms with Crippen molar-refractivity contribution < 1.29 is 32.5 Å². The van der Waals surface area contributed by atoms with E-state index < -0.39 is 28.7 Å². The largest absolute Gasteiger partial charge is 0.484 e. The molecule has 1 amide bonds. The van der Waals surface area contributed by atoms with Crippen molar-refractivity contribution in [2.45, 2.75) is 24.2 Å². The van der Waals surface area contributed by atoms with E-state index in [9.17, 15) is 23.1 Å². The van der Waals surface area contributed by atoms with Crippen molar-refractivity contribution in [3.8, 4) is 11.8 Å². The number of rotatable bonds is 3. The second kappa shape index (κ2) is 8.62. The Bertz CT molecular complexity index is 1290. The van der Waals surface area contributed by atoms with Crippen molar-refractivity contribution in [3.63, 3.8) is 0 Å². The number of aliphatic hydroxyl groups excluding tert-OH is 1. The van der Waals surface area contributed by atoms with Gasteiger partial charge in [0.15, 0.2) is 10.7 Å². The number of thiocarbonyl (C=S) groups is 1. The molecule has 1 spiro atoms. The summed E-state index contributed by atoms with van der Waals surface area (Å²) in [5.74, 6) is 0.0592. The Morgan fingerprint density at radius 2 is 2.00 bits per heavy atom. The van der Waals surface area contributed by atoms with Crippen LogP contribution < -0.4 is 19.4 Å². The first-order valence-corrected chi connectivity index (χ1v) is 11.5. The van der Waals surface area contributed by atoms with Crippen LogP contribution in [0.1, 0.15) is 17.5 Å². The average Bonchev–Trinajstić information content (AvgIpc) is 3.41. The smallest absolute Gasteiger partial charge is 0.417 e. The van der Waals surface area contributed by atoms with Crippen molar-refractivity contribution in [2.24, 2.45) is 0 Å². The Morgan fingerprint density at radius 3 is 2.64 bits per heavy atom. The third kappa shape index (κ3) is 3.66. The zero-order chi connectivity index (χ0) is 25.8. The van der Waals surface area contributed by atoms with Gasteiger partial charge in [0.2, 0.25) is 0 Å². The molecule has 0 bridgehead atoms. The number of ether oxygens (including phenoxy) is 2. The Balaban J connectivity index is 1.60. The molecule has 2 aromatic rings. The minimum Gasteiger partial charge on any atom is -0.484 e. The maximum Gasteiger partial charge on any atom is 0.417 e. The second-order valence-electron chi connectivity index (χ2n) is 8.89. The maximum absolute atomic E-state index is 13.8. The van der Waals surface area contributed by atoms with E-state index in [4.69, 9.17) is 27.0 Å². The van der Waals surface area contributed by atoms with Gasteiger partial charge in [-0.1, -0.05) is 0 Å². The van der Waals surface area contributed by atoms with Gasteiger partial charge in [0.25, 0.3) is 5.91 Å². The summed E-state index contributed by atoms with van der Waals surface area (Å²) in [6, 6.07) is 9.88. The summed E-state index contributed by atoms with van der Waals surface area (Å²) < 4.78 is 52.3. The summed E-state index contributed by atoms with van der Waals surface area (Å²) >= 11 is 5.68. The monoisotopic (exact) mass is 518 g/mol. The van der Waals surface area contributed by atoms with Gasteiger partial charge in [-0.3, -0.25) is 9.69 Å². The number of amides is 1. The third-order valence-electron chi connectivity index (χ3n) is 6.69. The van der Waals surface area contributed by atoms with E-state index in [1.165, 1.54) is 6.07 Å². The summed E-state index contributed by atoms with van der Waals surface area (Å²) in [6.07, 6.45) is -4.87. The van der Waals surface area contributed by atoms with Crippen LogP contribution in [0.25, 0.3) is 0 Å². The quantitative estimate of drug-likeness (QED) is 0.621. The molecule has 188 valence electrons. The number of carbonyl (C=O) groups is 1. The molecule has 2 saturated heterocycles. The van der Waals surface area contributed by atoms with Crippen molar-refractivity contribution in [1.29, 1.82) is 5.26 Å². The van der Waals surface area contributed by atoms with Crippen LogP contribution in [0.15, 0.2) is 36.4 Å². The molecule has 0 radical (unpaired) electrons. The highest BCUT2D eigenvalue weighted by molar-refractivity contribution is 7.81. The number of aliphatic hydroxyl groups is 1. The Hall–Kier alpha value is -3.40. The molecular formula is C24H21F3N4O4S. The Labute approximate surface area is 210 Å².